The number of carbonyl (C=O) groups is 2. The van der Waals surface area contributed by atoms with Crippen molar-refractivity contribution in [1.29, 1.82) is 0 Å². The molecule has 0 unspecified atom stereocenters. The van der Waals surface area contributed by atoms with Crippen LogP contribution in [-0.2, 0) is 11.3 Å². The van der Waals surface area contributed by atoms with Crippen LogP contribution >= 0.6 is 0 Å². The average molecular weight is 277 g/mol. The van der Waals surface area contributed by atoms with Crippen molar-refractivity contribution in [1.82, 2.24) is 9.78 Å². The van der Waals surface area contributed by atoms with Gasteiger partial charge in [-0.05, 0) is 23.8 Å². The molecule has 104 valence electrons. The van der Waals surface area contributed by atoms with Crippen molar-refractivity contribution < 1.29 is 18.7 Å². The second-order valence-electron chi connectivity index (χ2n) is 4.07. The van der Waals surface area contributed by atoms with Gasteiger partial charge in [0, 0.05) is 6.20 Å². The van der Waals surface area contributed by atoms with Gasteiger partial charge < -0.3 is 10.5 Å². The molecule has 0 radical (unpaired) electrons. The Morgan fingerprint density at radius 2 is 2.15 bits per heavy atom. The van der Waals surface area contributed by atoms with Crippen LogP contribution in [0.5, 0.6) is 0 Å². The Labute approximate surface area is 113 Å². The number of amides is 1. The first-order valence-electron chi connectivity index (χ1n) is 5.71. The maximum atomic E-state index is 13.7. The lowest BCUT2D eigenvalue weighted by atomic mass is 10.1. The molecule has 1 aromatic heterocycles. The highest BCUT2D eigenvalue weighted by atomic mass is 19.1. The zero-order chi connectivity index (χ0) is 14.7. The summed E-state index contributed by atoms with van der Waals surface area (Å²) >= 11 is 0. The van der Waals surface area contributed by atoms with E-state index in [1.165, 1.54) is 30.0 Å². The smallest absolute Gasteiger partial charge is 0.340 e. The molecule has 0 spiro atoms. The molecule has 2 N–H and O–H groups in total. The number of carbonyl (C=O) groups excluding carboxylic acids is 2. The number of hydrogen-bond acceptors (Lipinski definition) is 4. The number of halogens is 1. The predicted molar refractivity (Wildman–Crippen MR) is 67.6 cm³/mol. The van der Waals surface area contributed by atoms with Crippen LogP contribution in [0.1, 0.15) is 26.4 Å². The van der Waals surface area contributed by atoms with Gasteiger partial charge in [-0.1, -0.05) is 6.07 Å². The van der Waals surface area contributed by atoms with E-state index >= 15 is 0 Å². The summed E-state index contributed by atoms with van der Waals surface area (Å²) in [7, 11) is 1.19. The molecule has 0 aliphatic heterocycles. The van der Waals surface area contributed by atoms with Gasteiger partial charge in [0.2, 0.25) is 0 Å². The maximum Gasteiger partial charge on any atom is 0.340 e. The molecular formula is C13H12FN3O3. The number of ether oxygens (including phenoxy) is 1. The van der Waals surface area contributed by atoms with Gasteiger partial charge in [-0.15, -0.1) is 0 Å². The maximum absolute atomic E-state index is 13.7. The average Bonchev–Trinajstić information content (AvgIpc) is 2.87. The standard InChI is InChI=1S/C13H12FN3O3/c1-20-13(19)9-3-2-8(6-10(9)14)7-17-5-4-11(16-17)12(15)18/h2-6H,7H2,1H3,(H2,15,18). The summed E-state index contributed by atoms with van der Waals surface area (Å²) in [4.78, 5) is 22.2. The highest BCUT2D eigenvalue weighted by Gasteiger charge is 2.12. The number of benzene rings is 1. The van der Waals surface area contributed by atoms with Crippen molar-refractivity contribution in [3.05, 3.63) is 53.1 Å². The minimum absolute atomic E-state index is 0.130. The van der Waals surface area contributed by atoms with Crippen LogP contribution in [0, 0.1) is 5.82 Å². The Hall–Kier alpha value is -2.70. The van der Waals surface area contributed by atoms with E-state index in [9.17, 15) is 14.0 Å². The van der Waals surface area contributed by atoms with Crippen LogP contribution in [-0.4, -0.2) is 28.8 Å². The number of rotatable bonds is 4. The van der Waals surface area contributed by atoms with Crippen LogP contribution in [0.25, 0.3) is 0 Å². The molecule has 1 heterocycles. The zero-order valence-corrected chi connectivity index (χ0v) is 10.7. The predicted octanol–water partition coefficient (Wildman–Crippen LogP) is 0.956. The summed E-state index contributed by atoms with van der Waals surface area (Å²) in [6.45, 7) is 0.256. The second-order valence-corrected chi connectivity index (χ2v) is 4.07. The molecule has 2 rings (SSSR count). The Morgan fingerprint density at radius 1 is 1.40 bits per heavy atom. The lowest BCUT2D eigenvalue weighted by molar-refractivity contribution is 0.0595. The molecule has 0 atom stereocenters. The molecule has 1 aromatic carbocycles. The van der Waals surface area contributed by atoms with Crippen molar-refractivity contribution in [2.24, 2.45) is 5.73 Å². The summed E-state index contributed by atoms with van der Waals surface area (Å²) in [5.74, 6) is -2.03. The van der Waals surface area contributed by atoms with Gasteiger partial charge in [-0.3, -0.25) is 9.48 Å². The van der Waals surface area contributed by atoms with Crippen molar-refractivity contribution in [2.75, 3.05) is 7.11 Å². The first-order valence-corrected chi connectivity index (χ1v) is 5.71. The summed E-state index contributed by atoms with van der Waals surface area (Å²) in [6, 6.07) is 5.62. The van der Waals surface area contributed by atoms with Crippen LogP contribution in [0.3, 0.4) is 0 Å². The Kier molecular flexibility index (Phi) is 3.79. The Balaban J connectivity index is 2.19. The molecule has 0 bridgehead atoms. The molecule has 0 aliphatic rings. The number of aromatic nitrogens is 2. The summed E-state index contributed by atoms with van der Waals surface area (Å²) in [6.07, 6.45) is 1.56. The minimum atomic E-state index is -0.732. The zero-order valence-electron chi connectivity index (χ0n) is 10.7. The molecule has 0 saturated carbocycles. The third kappa shape index (κ3) is 2.82. The van der Waals surface area contributed by atoms with Crippen LogP contribution < -0.4 is 5.73 Å². The number of hydrogen-bond donors (Lipinski definition) is 1. The van der Waals surface area contributed by atoms with Gasteiger partial charge in [0.05, 0.1) is 19.2 Å². The summed E-state index contributed by atoms with van der Waals surface area (Å²) in [5, 5.41) is 3.94. The summed E-state index contributed by atoms with van der Waals surface area (Å²) in [5.41, 5.74) is 5.68. The highest BCUT2D eigenvalue weighted by molar-refractivity contribution is 5.90. The summed E-state index contributed by atoms with van der Waals surface area (Å²) < 4.78 is 19.6. The highest BCUT2D eigenvalue weighted by Crippen LogP contribution is 2.12. The lowest BCUT2D eigenvalue weighted by Crippen LogP contribution is -2.13. The number of methoxy groups -OCH3 is 1. The molecule has 7 heteroatoms. The van der Waals surface area contributed by atoms with E-state index < -0.39 is 17.7 Å². The molecule has 1 amide bonds. The normalized spacial score (nSPS) is 10.3. The molecule has 2 aromatic rings. The number of nitrogens with zero attached hydrogens (tertiary/aromatic N) is 2. The van der Waals surface area contributed by atoms with Crippen molar-refractivity contribution >= 4 is 11.9 Å². The second kappa shape index (κ2) is 5.52. The van der Waals surface area contributed by atoms with Crippen LogP contribution in [0.2, 0.25) is 0 Å². The third-order valence-electron chi connectivity index (χ3n) is 2.68. The van der Waals surface area contributed by atoms with Gasteiger partial charge in [0.15, 0.2) is 0 Å². The molecule has 0 fully saturated rings. The van der Waals surface area contributed by atoms with E-state index in [0.717, 1.165) is 0 Å². The fourth-order valence-electron chi connectivity index (χ4n) is 1.70. The lowest BCUT2D eigenvalue weighted by Gasteiger charge is -2.05. The van der Waals surface area contributed by atoms with Crippen molar-refractivity contribution in [2.45, 2.75) is 6.54 Å². The Bertz CT molecular complexity index is 667. The van der Waals surface area contributed by atoms with E-state index in [1.54, 1.807) is 12.3 Å². The van der Waals surface area contributed by atoms with Crippen molar-refractivity contribution in [3.63, 3.8) is 0 Å². The molecule has 20 heavy (non-hydrogen) atoms. The SMILES string of the molecule is COC(=O)c1ccc(Cn2ccc(C(N)=O)n2)cc1F. The monoisotopic (exact) mass is 277 g/mol. The van der Waals surface area contributed by atoms with Gasteiger partial charge >= 0.3 is 5.97 Å². The van der Waals surface area contributed by atoms with E-state index in [-0.39, 0.29) is 17.8 Å². The molecular weight excluding hydrogens is 265 g/mol. The van der Waals surface area contributed by atoms with Crippen LogP contribution in [0.4, 0.5) is 4.39 Å². The number of nitrogens with two attached hydrogens (primary N) is 1. The van der Waals surface area contributed by atoms with Crippen LogP contribution in [0.15, 0.2) is 30.5 Å². The van der Waals surface area contributed by atoms with Gasteiger partial charge in [0.1, 0.15) is 11.5 Å². The number of primary amides is 1. The molecule has 6 nitrogen and oxygen atoms in total. The quantitative estimate of drug-likeness (QED) is 0.843. The fraction of sp³-hybridized carbons (Fsp3) is 0.154. The van der Waals surface area contributed by atoms with Gasteiger partial charge in [-0.2, -0.15) is 5.10 Å². The first-order chi connectivity index (χ1) is 9.51. The van der Waals surface area contributed by atoms with Crippen molar-refractivity contribution in [3.8, 4) is 0 Å². The van der Waals surface area contributed by atoms with Gasteiger partial charge in [0.25, 0.3) is 5.91 Å². The fourth-order valence-corrected chi connectivity index (χ4v) is 1.70. The molecule has 0 aliphatic carbocycles. The van der Waals surface area contributed by atoms with E-state index in [2.05, 4.69) is 9.84 Å². The third-order valence-corrected chi connectivity index (χ3v) is 2.68. The largest absolute Gasteiger partial charge is 0.465 e. The topological polar surface area (TPSA) is 87.2 Å². The Morgan fingerprint density at radius 3 is 2.70 bits per heavy atom. The molecule has 0 saturated heterocycles. The van der Waals surface area contributed by atoms with E-state index in [0.29, 0.717) is 5.56 Å². The first kappa shape index (κ1) is 13.7. The van der Waals surface area contributed by atoms with E-state index in [1.807, 2.05) is 0 Å². The van der Waals surface area contributed by atoms with E-state index in [4.69, 9.17) is 5.73 Å². The minimum Gasteiger partial charge on any atom is -0.465 e. The number of esters is 1. The van der Waals surface area contributed by atoms with Gasteiger partial charge in [-0.25, -0.2) is 9.18 Å².